The lowest BCUT2D eigenvalue weighted by Gasteiger charge is -2.20. The first-order chi connectivity index (χ1) is 11.1. The maximum Gasteiger partial charge on any atom is 0.338 e. The number of esters is 1. The standard InChI is InChI=1S/C19H18O4/c20-16-11-9-14(10-12-16)13-5-7-15(8-6-13)19(22)23-18-4-2-1-3-17(18)21/h5-12,18,20H,1-4H2/t18-/m1/s1. The Balaban J connectivity index is 1.70. The molecule has 0 unspecified atom stereocenters. The molecule has 2 aromatic carbocycles. The van der Waals surface area contributed by atoms with E-state index >= 15 is 0 Å². The molecule has 1 saturated carbocycles. The third kappa shape index (κ3) is 3.59. The highest BCUT2D eigenvalue weighted by Gasteiger charge is 2.26. The van der Waals surface area contributed by atoms with E-state index in [2.05, 4.69) is 0 Å². The van der Waals surface area contributed by atoms with E-state index in [-0.39, 0.29) is 11.5 Å². The molecule has 23 heavy (non-hydrogen) atoms. The summed E-state index contributed by atoms with van der Waals surface area (Å²) in [5, 5.41) is 9.31. The van der Waals surface area contributed by atoms with Gasteiger partial charge in [-0.05, 0) is 54.7 Å². The van der Waals surface area contributed by atoms with Crippen LogP contribution in [-0.2, 0) is 9.53 Å². The molecule has 0 aliphatic heterocycles. The fraction of sp³-hybridized carbons (Fsp3) is 0.263. The van der Waals surface area contributed by atoms with E-state index < -0.39 is 12.1 Å². The minimum atomic E-state index is -0.590. The van der Waals surface area contributed by atoms with Gasteiger partial charge in [0.2, 0.25) is 0 Å². The zero-order chi connectivity index (χ0) is 16.2. The Hall–Kier alpha value is -2.62. The SMILES string of the molecule is O=C(O[C@@H]1CCCCC1=O)c1ccc(-c2ccc(O)cc2)cc1. The lowest BCUT2D eigenvalue weighted by Crippen LogP contribution is -2.30. The first-order valence-electron chi connectivity index (χ1n) is 7.76. The molecule has 2 aromatic rings. The summed E-state index contributed by atoms with van der Waals surface area (Å²) in [5.74, 6) is -0.223. The molecular weight excluding hydrogens is 292 g/mol. The third-order valence-electron chi connectivity index (χ3n) is 4.07. The quantitative estimate of drug-likeness (QED) is 0.877. The molecule has 4 heteroatoms. The van der Waals surface area contributed by atoms with Crippen molar-refractivity contribution in [1.29, 1.82) is 0 Å². The van der Waals surface area contributed by atoms with Gasteiger partial charge >= 0.3 is 5.97 Å². The summed E-state index contributed by atoms with van der Waals surface area (Å²) in [6.07, 6.45) is 2.33. The van der Waals surface area contributed by atoms with E-state index in [1.165, 1.54) is 0 Å². The van der Waals surface area contributed by atoms with Gasteiger partial charge in [0.1, 0.15) is 5.75 Å². The Morgan fingerprint density at radius 1 is 0.957 bits per heavy atom. The topological polar surface area (TPSA) is 63.6 Å². The van der Waals surface area contributed by atoms with Gasteiger partial charge in [-0.1, -0.05) is 24.3 Å². The van der Waals surface area contributed by atoms with Crippen molar-refractivity contribution in [1.82, 2.24) is 0 Å². The number of carbonyl (C=O) groups is 2. The summed E-state index contributed by atoms with van der Waals surface area (Å²) in [5.41, 5.74) is 2.33. The lowest BCUT2D eigenvalue weighted by molar-refractivity contribution is -0.129. The molecule has 0 radical (unpaired) electrons. The monoisotopic (exact) mass is 310 g/mol. The number of aromatic hydroxyl groups is 1. The fourth-order valence-electron chi connectivity index (χ4n) is 2.73. The van der Waals surface area contributed by atoms with Gasteiger partial charge in [-0.3, -0.25) is 4.79 Å². The molecule has 3 rings (SSSR count). The van der Waals surface area contributed by atoms with E-state index in [4.69, 9.17) is 4.74 Å². The van der Waals surface area contributed by atoms with Crippen molar-refractivity contribution in [3.63, 3.8) is 0 Å². The van der Waals surface area contributed by atoms with Crippen molar-refractivity contribution in [3.05, 3.63) is 54.1 Å². The van der Waals surface area contributed by atoms with Crippen LogP contribution in [-0.4, -0.2) is 23.0 Å². The van der Waals surface area contributed by atoms with Gasteiger partial charge in [-0.15, -0.1) is 0 Å². The van der Waals surface area contributed by atoms with Gasteiger partial charge in [-0.2, -0.15) is 0 Å². The number of ether oxygens (including phenoxy) is 1. The van der Waals surface area contributed by atoms with Gasteiger partial charge in [0, 0.05) is 6.42 Å². The Kier molecular flexibility index (Phi) is 4.42. The van der Waals surface area contributed by atoms with Crippen molar-refractivity contribution >= 4 is 11.8 Å². The molecule has 0 spiro atoms. The van der Waals surface area contributed by atoms with Crippen LogP contribution in [0.3, 0.4) is 0 Å². The Morgan fingerprint density at radius 3 is 2.17 bits per heavy atom. The number of hydrogen-bond donors (Lipinski definition) is 1. The molecule has 0 heterocycles. The van der Waals surface area contributed by atoms with E-state index in [0.29, 0.717) is 18.4 Å². The summed E-state index contributed by atoms with van der Waals surface area (Å²) < 4.78 is 5.33. The predicted molar refractivity (Wildman–Crippen MR) is 86.2 cm³/mol. The molecule has 1 atom stereocenters. The second-order valence-electron chi connectivity index (χ2n) is 5.73. The maximum absolute atomic E-state index is 12.1. The van der Waals surface area contributed by atoms with Gasteiger partial charge in [0.25, 0.3) is 0 Å². The minimum absolute atomic E-state index is 0.0188. The second-order valence-corrected chi connectivity index (χ2v) is 5.73. The van der Waals surface area contributed by atoms with Crippen LogP contribution in [0.25, 0.3) is 11.1 Å². The molecule has 0 aromatic heterocycles. The van der Waals surface area contributed by atoms with Crippen molar-refractivity contribution in [2.24, 2.45) is 0 Å². The Morgan fingerprint density at radius 2 is 1.57 bits per heavy atom. The molecule has 0 amide bonds. The summed E-state index contributed by atoms with van der Waals surface area (Å²) in [6.45, 7) is 0. The molecule has 4 nitrogen and oxygen atoms in total. The van der Waals surface area contributed by atoms with Crippen LogP contribution in [0, 0.1) is 0 Å². The molecule has 118 valence electrons. The van der Waals surface area contributed by atoms with Crippen molar-refractivity contribution < 1.29 is 19.4 Å². The number of phenolic OH excluding ortho intramolecular Hbond substituents is 1. The molecule has 1 aliphatic carbocycles. The molecule has 1 fully saturated rings. The predicted octanol–water partition coefficient (Wildman–Crippen LogP) is 3.73. The number of ketones is 1. The van der Waals surface area contributed by atoms with Gasteiger partial charge in [0.05, 0.1) is 5.56 Å². The number of carbonyl (C=O) groups excluding carboxylic acids is 2. The molecule has 1 N–H and O–H groups in total. The highest BCUT2D eigenvalue weighted by atomic mass is 16.5. The first-order valence-corrected chi connectivity index (χ1v) is 7.76. The largest absolute Gasteiger partial charge is 0.508 e. The van der Waals surface area contributed by atoms with E-state index in [1.54, 1.807) is 24.3 Å². The van der Waals surface area contributed by atoms with Crippen molar-refractivity contribution in [3.8, 4) is 16.9 Å². The van der Waals surface area contributed by atoms with E-state index in [9.17, 15) is 14.7 Å². The van der Waals surface area contributed by atoms with Crippen LogP contribution in [0.15, 0.2) is 48.5 Å². The number of benzene rings is 2. The van der Waals surface area contributed by atoms with Gasteiger partial charge in [-0.25, -0.2) is 4.79 Å². The smallest absolute Gasteiger partial charge is 0.338 e. The van der Waals surface area contributed by atoms with Gasteiger partial charge < -0.3 is 9.84 Å². The van der Waals surface area contributed by atoms with Crippen LogP contribution >= 0.6 is 0 Å². The molecular formula is C19H18O4. The lowest BCUT2D eigenvalue weighted by atomic mass is 9.96. The normalized spacial score (nSPS) is 17.7. The number of rotatable bonds is 3. The highest BCUT2D eigenvalue weighted by Crippen LogP contribution is 2.23. The Labute approximate surface area is 134 Å². The van der Waals surface area contributed by atoms with Crippen LogP contribution in [0.5, 0.6) is 5.75 Å². The third-order valence-corrected chi connectivity index (χ3v) is 4.07. The van der Waals surface area contributed by atoms with E-state index in [0.717, 1.165) is 24.0 Å². The zero-order valence-electron chi connectivity index (χ0n) is 12.7. The second kappa shape index (κ2) is 6.65. The minimum Gasteiger partial charge on any atom is -0.508 e. The maximum atomic E-state index is 12.1. The molecule has 1 aliphatic rings. The van der Waals surface area contributed by atoms with Crippen molar-refractivity contribution in [2.75, 3.05) is 0 Å². The summed E-state index contributed by atoms with van der Waals surface area (Å²) >= 11 is 0. The average Bonchev–Trinajstić information content (AvgIpc) is 2.58. The van der Waals surface area contributed by atoms with Crippen LogP contribution in [0.2, 0.25) is 0 Å². The summed E-state index contributed by atoms with van der Waals surface area (Å²) in [7, 11) is 0. The highest BCUT2D eigenvalue weighted by molar-refractivity contribution is 5.93. The van der Waals surface area contributed by atoms with E-state index in [1.807, 2.05) is 24.3 Å². The van der Waals surface area contributed by atoms with Crippen LogP contribution < -0.4 is 0 Å². The van der Waals surface area contributed by atoms with Crippen molar-refractivity contribution in [2.45, 2.75) is 31.8 Å². The van der Waals surface area contributed by atoms with Crippen LogP contribution in [0.4, 0.5) is 0 Å². The number of phenols is 1. The molecule has 0 bridgehead atoms. The molecule has 0 saturated heterocycles. The summed E-state index contributed by atoms with van der Waals surface area (Å²) in [6, 6.07) is 13.9. The fourth-order valence-corrected chi connectivity index (χ4v) is 2.73. The first kappa shape index (κ1) is 15.3. The number of Topliss-reactive ketones (excluding diaryl/α,β-unsaturated/α-hetero) is 1. The average molecular weight is 310 g/mol. The van der Waals surface area contributed by atoms with Gasteiger partial charge in [0.15, 0.2) is 11.9 Å². The zero-order valence-corrected chi connectivity index (χ0v) is 12.7. The Bertz CT molecular complexity index is 701. The summed E-state index contributed by atoms with van der Waals surface area (Å²) in [4.78, 5) is 23.9. The number of hydrogen-bond acceptors (Lipinski definition) is 4. The van der Waals surface area contributed by atoms with Crippen LogP contribution in [0.1, 0.15) is 36.0 Å².